The van der Waals surface area contributed by atoms with Crippen LogP contribution in [-0.4, -0.2) is 9.78 Å². The van der Waals surface area contributed by atoms with Crippen LogP contribution in [0, 0.1) is 5.82 Å². The topological polar surface area (TPSA) is 43.8 Å². The number of nitrogens with two attached hydrogens (primary N) is 1. The number of hydrogen-bond acceptors (Lipinski definition) is 2. The molecule has 0 aliphatic rings. The van der Waals surface area contributed by atoms with E-state index in [1.165, 1.54) is 16.8 Å². The molecule has 0 aliphatic carbocycles. The summed E-state index contributed by atoms with van der Waals surface area (Å²) in [7, 11) is 0. The van der Waals surface area contributed by atoms with E-state index in [2.05, 4.69) is 5.10 Å². The molecular weight excluding hydrogens is 205 g/mol. The smallest absolute Gasteiger partial charge is 0.143 e. The second kappa shape index (κ2) is 3.31. The average Bonchev–Trinajstić information content (AvgIpc) is 2.64. The van der Waals surface area contributed by atoms with Gasteiger partial charge in [-0.15, -0.1) is 0 Å². The first-order valence-electron chi connectivity index (χ1n) is 3.93. The van der Waals surface area contributed by atoms with Crippen LogP contribution in [0.2, 0.25) is 5.02 Å². The second-order valence-electron chi connectivity index (χ2n) is 2.78. The Morgan fingerprint density at radius 3 is 2.86 bits per heavy atom. The summed E-state index contributed by atoms with van der Waals surface area (Å²) in [6, 6.07) is 4.37. The summed E-state index contributed by atoms with van der Waals surface area (Å²) < 4.78 is 14.5. The highest BCUT2D eigenvalue weighted by Gasteiger charge is 2.07. The van der Waals surface area contributed by atoms with Gasteiger partial charge in [0, 0.05) is 18.5 Å². The lowest BCUT2D eigenvalue weighted by Crippen LogP contribution is -2.01. The van der Waals surface area contributed by atoms with Crippen LogP contribution in [-0.2, 0) is 0 Å². The maximum absolute atomic E-state index is 13.0. The van der Waals surface area contributed by atoms with Crippen LogP contribution in [0.15, 0.2) is 30.6 Å². The highest BCUT2D eigenvalue weighted by molar-refractivity contribution is 6.31. The highest BCUT2D eigenvalue weighted by atomic mass is 35.5. The van der Waals surface area contributed by atoms with Crippen LogP contribution < -0.4 is 5.73 Å². The molecule has 0 saturated carbocycles. The molecular formula is C9H7ClFN3. The van der Waals surface area contributed by atoms with Crippen molar-refractivity contribution >= 4 is 17.3 Å². The molecule has 3 nitrogen and oxygen atoms in total. The van der Waals surface area contributed by atoms with Gasteiger partial charge in [-0.2, -0.15) is 5.10 Å². The summed E-state index contributed by atoms with van der Waals surface area (Å²) in [5, 5.41) is 4.01. The van der Waals surface area contributed by atoms with Crippen molar-refractivity contribution in [1.82, 2.24) is 9.78 Å². The quantitative estimate of drug-likeness (QED) is 0.736. The van der Waals surface area contributed by atoms with Gasteiger partial charge in [-0.3, -0.25) is 0 Å². The van der Waals surface area contributed by atoms with E-state index in [9.17, 15) is 4.39 Å². The maximum atomic E-state index is 13.0. The molecule has 1 heterocycles. The largest absolute Gasteiger partial charge is 0.397 e. The molecule has 2 rings (SSSR count). The minimum absolute atomic E-state index is 0.0321. The minimum Gasteiger partial charge on any atom is -0.397 e. The first-order valence-corrected chi connectivity index (χ1v) is 4.31. The van der Waals surface area contributed by atoms with Crippen molar-refractivity contribution < 1.29 is 4.39 Å². The summed E-state index contributed by atoms with van der Waals surface area (Å²) >= 11 is 5.63. The van der Waals surface area contributed by atoms with Crippen molar-refractivity contribution in [3.05, 3.63) is 41.4 Å². The number of hydrogen-bond donors (Lipinski definition) is 1. The molecule has 14 heavy (non-hydrogen) atoms. The van der Waals surface area contributed by atoms with Gasteiger partial charge in [0.15, 0.2) is 0 Å². The molecule has 0 saturated heterocycles. The van der Waals surface area contributed by atoms with Gasteiger partial charge < -0.3 is 5.73 Å². The van der Waals surface area contributed by atoms with Gasteiger partial charge in [-0.05, 0) is 12.1 Å². The van der Waals surface area contributed by atoms with Crippen molar-refractivity contribution in [3.8, 4) is 5.69 Å². The fraction of sp³-hybridized carbons (Fsp3) is 0. The molecule has 5 heteroatoms. The van der Waals surface area contributed by atoms with E-state index in [1.807, 2.05) is 0 Å². The number of rotatable bonds is 1. The normalized spacial score (nSPS) is 10.4. The van der Waals surface area contributed by atoms with Crippen LogP contribution in [0.25, 0.3) is 5.69 Å². The average molecular weight is 212 g/mol. The summed E-state index contributed by atoms with van der Waals surface area (Å²) in [6.07, 6.45) is 3.32. The van der Waals surface area contributed by atoms with E-state index in [0.717, 1.165) is 0 Å². The Labute approximate surface area is 84.9 Å². The predicted molar refractivity (Wildman–Crippen MR) is 52.9 cm³/mol. The van der Waals surface area contributed by atoms with E-state index < -0.39 is 5.82 Å². The number of halogens is 2. The van der Waals surface area contributed by atoms with Gasteiger partial charge in [0.05, 0.1) is 16.4 Å². The van der Waals surface area contributed by atoms with Crippen molar-refractivity contribution in [2.45, 2.75) is 0 Å². The van der Waals surface area contributed by atoms with Crippen molar-refractivity contribution in [1.29, 1.82) is 0 Å². The van der Waals surface area contributed by atoms with Gasteiger partial charge in [0.25, 0.3) is 0 Å². The molecule has 0 amide bonds. The van der Waals surface area contributed by atoms with Gasteiger partial charge in [0.2, 0.25) is 0 Å². The predicted octanol–water partition coefficient (Wildman–Crippen LogP) is 2.25. The SMILES string of the molecule is Nc1cc(F)c(Cl)cc1-n1cccn1. The standard InChI is InChI=1S/C9H7ClFN3/c10-6-4-9(8(12)5-7(6)11)14-3-1-2-13-14/h1-5H,12H2. The fourth-order valence-electron chi connectivity index (χ4n) is 1.16. The van der Waals surface area contributed by atoms with Crippen LogP contribution in [0.5, 0.6) is 0 Å². The molecule has 0 aliphatic heterocycles. The lowest BCUT2D eigenvalue weighted by Gasteiger charge is -2.06. The zero-order chi connectivity index (χ0) is 10.1. The van der Waals surface area contributed by atoms with E-state index in [-0.39, 0.29) is 5.02 Å². The third kappa shape index (κ3) is 1.44. The maximum Gasteiger partial charge on any atom is 0.143 e. The Morgan fingerprint density at radius 1 is 1.43 bits per heavy atom. The Hall–Kier alpha value is -1.55. The second-order valence-corrected chi connectivity index (χ2v) is 3.18. The van der Waals surface area contributed by atoms with Crippen molar-refractivity contribution in [2.75, 3.05) is 5.73 Å². The zero-order valence-corrected chi connectivity index (χ0v) is 7.87. The molecule has 0 radical (unpaired) electrons. The number of aromatic nitrogens is 2. The zero-order valence-electron chi connectivity index (χ0n) is 7.11. The molecule has 72 valence electrons. The van der Waals surface area contributed by atoms with Crippen molar-refractivity contribution in [3.63, 3.8) is 0 Å². The Kier molecular flexibility index (Phi) is 2.13. The number of anilines is 1. The molecule has 0 bridgehead atoms. The molecule has 0 atom stereocenters. The molecule has 0 fully saturated rings. The van der Waals surface area contributed by atoms with Crippen LogP contribution in [0.4, 0.5) is 10.1 Å². The third-order valence-corrected chi connectivity index (χ3v) is 2.11. The summed E-state index contributed by atoms with van der Waals surface area (Å²) in [5.74, 6) is -0.528. The molecule has 1 aromatic heterocycles. The van der Waals surface area contributed by atoms with Crippen LogP contribution >= 0.6 is 11.6 Å². The summed E-state index contributed by atoms with van der Waals surface area (Å²) in [5.41, 5.74) is 6.49. The summed E-state index contributed by atoms with van der Waals surface area (Å²) in [4.78, 5) is 0. The van der Waals surface area contributed by atoms with Crippen LogP contribution in [0.3, 0.4) is 0 Å². The lowest BCUT2D eigenvalue weighted by atomic mass is 10.2. The van der Waals surface area contributed by atoms with Gasteiger partial charge in [-0.1, -0.05) is 11.6 Å². The molecule has 0 unspecified atom stereocenters. The first-order chi connectivity index (χ1) is 6.68. The van der Waals surface area contributed by atoms with Gasteiger partial charge in [-0.25, -0.2) is 9.07 Å². The molecule has 2 N–H and O–H groups in total. The Bertz CT molecular complexity index is 453. The van der Waals surface area contributed by atoms with Gasteiger partial charge in [0.1, 0.15) is 5.82 Å². The number of benzene rings is 1. The van der Waals surface area contributed by atoms with E-state index in [0.29, 0.717) is 11.4 Å². The molecule has 1 aromatic carbocycles. The van der Waals surface area contributed by atoms with E-state index in [4.69, 9.17) is 17.3 Å². The van der Waals surface area contributed by atoms with Crippen molar-refractivity contribution in [2.24, 2.45) is 0 Å². The monoisotopic (exact) mass is 211 g/mol. The fourth-order valence-corrected chi connectivity index (χ4v) is 1.32. The highest BCUT2D eigenvalue weighted by Crippen LogP contribution is 2.24. The van der Waals surface area contributed by atoms with Gasteiger partial charge >= 0.3 is 0 Å². The summed E-state index contributed by atoms with van der Waals surface area (Å²) in [6.45, 7) is 0. The minimum atomic E-state index is -0.528. The Balaban J connectivity index is 2.60. The number of nitrogens with zero attached hydrogens (tertiary/aromatic N) is 2. The third-order valence-electron chi connectivity index (χ3n) is 1.82. The lowest BCUT2D eigenvalue weighted by molar-refractivity contribution is 0.628. The molecule has 2 aromatic rings. The first kappa shape index (κ1) is 9.02. The number of nitrogen functional groups attached to an aromatic ring is 1. The van der Waals surface area contributed by atoms with E-state index >= 15 is 0 Å². The van der Waals surface area contributed by atoms with E-state index in [1.54, 1.807) is 18.5 Å². The Morgan fingerprint density at radius 2 is 2.21 bits per heavy atom. The molecule has 0 spiro atoms. The van der Waals surface area contributed by atoms with Crippen LogP contribution in [0.1, 0.15) is 0 Å².